The molecule has 7 heteroatoms. The molecule has 1 aliphatic rings. The Hall–Kier alpha value is -0.990. The van der Waals surface area contributed by atoms with E-state index in [0.29, 0.717) is 6.54 Å². The number of ether oxygens (including phenoxy) is 1. The Morgan fingerprint density at radius 3 is 2.60 bits per heavy atom. The minimum Gasteiger partial charge on any atom is -0.394 e. The standard InChI is InChI=1S/C13H20N2O4S/c1-10-9-19-12(8-16)7-15(10)20(17,18)13-4-2-11(6-14)3-5-13/h2-5,10,12,16H,6-9,14H2,1H3. The lowest BCUT2D eigenvalue weighted by molar-refractivity contribution is -0.0516. The van der Waals surface area contributed by atoms with Crippen LogP contribution < -0.4 is 5.73 Å². The smallest absolute Gasteiger partial charge is 0.243 e. The van der Waals surface area contributed by atoms with E-state index in [1.165, 1.54) is 4.31 Å². The highest BCUT2D eigenvalue weighted by atomic mass is 32.2. The first-order valence-corrected chi connectivity index (χ1v) is 7.96. The van der Waals surface area contributed by atoms with Crippen LogP contribution in [0.25, 0.3) is 0 Å². The van der Waals surface area contributed by atoms with Gasteiger partial charge in [0.15, 0.2) is 0 Å². The summed E-state index contributed by atoms with van der Waals surface area (Å²) in [6, 6.07) is 6.29. The van der Waals surface area contributed by atoms with Gasteiger partial charge >= 0.3 is 0 Å². The molecule has 0 aliphatic carbocycles. The zero-order chi connectivity index (χ0) is 14.8. The maximum Gasteiger partial charge on any atom is 0.243 e. The van der Waals surface area contributed by atoms with Crippen LogP contribution in [-0.4, -0.2) is 49.7 Å². The maximum atomic E-state index is 12.6. The lowest BCUT2D eigenvalue weighted by Gasteiger charge is -2.36. The SMILES string of the molecule is CC1COC(CO)CN1S(=O)(=O)c1ccc(CN)cc1. The van der Waals surface area contributed by atoms with Gasteiger partial charge in [-0.05, 0) is 24.6 Å². The molecule has 0 aromatic heterocycles. The molecule has 1 saturated heterocycles. The van der Waals surface area contributed by atoms with Crippen LogP contribution >= 0.6 is 0 Å². The average molecular weight is 300 g/mol. The Labute approximate surface area is 119 Å². The molecule has 20 heavy (non-hydrogen) atoms. The first-order valence-electron chi connectivity index (χ1n) is 6.52. The summed E-state index contributed by atoms with van der Waals surface area (Å²) >= 11 is 0. The molecule has 112 valence electrons. The van der Waals surface area contributed by atoms with E-state index in [1.54, 1.807) is 31.2 Å². The summed E-state index contributed by atoms with van der Waals surface area (Å²) in [6.45, 7) is 2.43. The second-order valence-corrected chi connectivity index (χ2v) is 6.80. The van der Waals surface area contributed by atoms with Gasteiger partial charge in [-0.2, -0.15) is 4.31 Å². The van der Waals surface area contributed by atoms with Gasteiger partial charge in [0.05, 0.1) is 24.2 Å². The number of aliphatic hydroxyl groups excluding tert-OH is 1. The van der Waals surface area contributed by atoms with E-state index >= 15 is 0 Å². The Morgan fingerprint density at radius 2 is 2.05 bits per heavy atom. The zero-order valence-electron chi connectivity index (χ0n) is 11.4. The third-order valence-electron chi connectivity index (χ3n) is 3.42. The maximum absolute atomic E-state index is 12.6. The van der Waals surface area contributed by atoms with Crippen LogP contribution in [0.1, 0.15) is 12.5 Å². The van der Waals surface area contributed by atoms with Gasteiger partial charge in [-0.3, -0.25) is 0 Å². The molecule has 2 atom stereocenters. The monoisotopic (exact) mass is 300 g/mol. The Kier molecular flexibility index (Phi) is 4.77. The minimum absolute atomic E-state index is 0.165. The molecular weight excluding hydrogens is 280 g/mol. The number of hydrogen-bond donors (Lipinski definition) is 2. The van der Waals surface area contributed by atoms with Crippen molar-refractivity contribution in [2.24, 2.45) is 5.73 Å². The van der Waals surface area contributed by atoms with Gasteiger partial charge in [-0.1, -0.05) is 12.1 Å². The van der Waals surface area contributed by atoms with Gasteiger partial charge in [0.1, 0.15) is 0 Å². The van der Waals surface area contributed by atoms with Crippen LogP contribution in [0.15, 0.2) is 29.2 Å². The summed E-state index contributed by atoms with van der Waals surface area (Å²) in [4.78, 5) is 0.236. The summed E-state index contributed by atoms with van der Waals surface area (Å²) in [5.74, 6) is 0. The van der Waals surface area contributed by atoms with Crippen molar-refractivity contribution in [2.45, 2.75) is 30.5 Å². The summed E-state index contributed by atoms with van der Waals surface area (Å²) in [5.41, 5.74) is 6.39. The first kappa shape index (κ1) is 15.4. The predicted octanol–water partition coefficient (Wildman–Crippen LogP) is -0.0844. The van der Waals surface area contributed by atoms with Crippen LogP contribution in [0.3, 0.4) is 0 Å². The number of nitrogens with zero attached hydrogens (tertiary/aromatic N) is 1. The van der Waals surface area contributed by atoms with Crippen LogP contribution in [0, 0.1) is 0 Å². The Morgan fingerprint density at radius 1 is 1.40 bits per heavy atom. The molecule has 1 heterocycles. The molecule has 1 aromatic carbocycles. The molecule has 1 fully saturated rings. The largest absolute Gasteiger partial charge is 0.394 e. The van der Waals surface area contributed by atoms with Crippen molar-refractivity contribution in [3.63, 3.8) is 0 Å². The van der Waals surface area contributed by atoms with Crippen molar-refractivity contribution >= 4 is 10.0 Å². The molecule has 2 unspecified atom stereocenters. The van der Waals surface area contributed by atoms with E-state index in [9.17, 15) is 8.42 Å². The third kappa shape index (κ3) is 3.02. The first-order chi connectivity index (χ1) is 9.48. The van der Waals surface area contributed by atoms with E-state index in [2.05, 4.69) is 0 Å². The molecule has 1 aliphatic heterocycles. The highest BCUT2D eigenvalue weighted by Crippen LogP contribution is 2.22. The number of nitrogens with two attached hydrogens (primary N) is 1. The zero-order valence-corrected chi connectivity index (χ0v) is 12.2. The van der Waals surface area contributed by atoms with Gasteiger partial charge in [-0.25, -0.2) is 8.42 Å². The molecule has 2 rings (SSSR count). The molecule has 3 N–H and O–H groups in total. The van der Waals surface area contributed by atoms with Crippen molar-refractivity contribution in [2.75, 3.05) is 19.8 Å². The summed E-state index contributed by atoms with van der Waals surface area (Å²) in [5, 5.41) is 9.14. The van der Waals surface area contributed by atoms with Crippen LogP contribution in [0.5, 0.6) is 0 Å². The number of sulfonamides is 1. The summed E-state index contributed by atoms with van der Waals surface area (Å²) < 4.78 is 32.0. The average Bonchev–Trinajstić information content (AvgIpc) is 2.47. The molecule has 0 spiro atoms. The lowest BCUT2D eigenvalue weighted by atomic mass is 10.2. The Balaban J connectivity index is 2.27. The number of morpholine rings is 1. The Bertz CT molecular complexity index is 544. The fourth-order valence-electron chi connectivity index (χ4n) is 2.17. The number of rotatable bonds is 4. The van der Waals surface area contributed by atoms with Crippen molar-refractivity contribution in [1.82, 2.24) is 4.31 Å². The number of hydrogen-bond acceptors (Lipinski definition) is 5. The van der Waals surface area contributed by atoms with E-state index in [-0.39, 0.29) is 30.7 Å². The normalized spacial score (nSPS) is 24.8. The van der Waals surface area contributed by atoms with E-state index in [1.807, 2.05) is 0 Å². The van der Waals surface area contributed by atoms with Crippen LogP contribution in [0.4, 0.5) is 0 Å². The number of aliphatic hydroxyl groups is 1. The van der Waals surface area contributed by atoms with E-state index in [4.69, 9.17) is 15.6 Å². The van der Waals surface area contributed by atoms with Crippen molar-refractivity contribution in [3.05, 3.63) is 29.8 Å². The summed E-state index contributed by atoms with van der Waals surface area (Å²) in [7, 11) is -3.58. The molecule has 6 nitrogen and oxygen atoms in total. The molecule has 0 saturated carbocycles. The molecule has 0 bridgehead atoms. The van der Waals surface area contributed by atoms with Crippen molar-refractivity contribution in [1.29, 1.82) is 0 Å². The van der Waals surface area contributed by atoms with Crippen molar-refractivity contribution < 1.29 is 18.3 Å². The third-order valence-corrected chi connectivity index (χ3v) is 5.41. The fourth-order valence-corrected chi connectivity index (χ4v) is 3.82. The van der Waals surface area contributed by atoms with Gasteiger partial charge in [0, 0.05) is 19.1 Å². The van der Waals surface area contributed by atoms with E-state index < -0.39 is 16.1 Å². The predicted molar refractivity (Wildman–Crippen MR) is 74.5 cm³/mol. The number of benzene rings is 1. The van der Waals surface area contributed by atoms with Gasteiger partial charge in [-0.15, -0.1) is 0 Å². The molecule has 0 radical (unpaired) electrons. The fraction of sp³-hybridized carbons (Fsp3) is 0.538. The van der Waals surface area contributed by atoms with Crippen LogP contribution in [0.2, 0.25) is 0 Å². The minimum atomic E-state index is -3.58. The quantitative estimate of drug-likeness (QED) is 0.811. The second kappa shape index (κ2) is 6.19. The van der Waals surface area contributed by atoms with E-state index in [0.717, 1.165) is 5.56 Å². The summed E-state index contributed by atoms with van der Waals surface area (Å²) in [6.07, 6.45) is -0.468. The second-order valence-electron chi connectivity index (χ2n) is 4.91. The highest BCUT2D eigenvalue weighted by Gasteiger charge is 2.35. The topological polar surface area (TPSA) is 92.9 Å². The van der Waals surface area contributed by atoms with Crippen LogP contribution in [-0.2, 0) is 21.3 Å². The van der Waals surface area contributed by atoms with Gasteiger partial charge < -0.3 is 15.6 Å². The molecule has 0 amide bonds. The lowest BCUT2D eigenvalue weighted by Crippen LogP contribution is -2.51. The molecule has 1 aromatic rings. The van der Waals surface area contributed by atoms with Gasteiger partial charge in [0.2, 0.25) is 10.0 Å². The molecular formula is C13H20N2O4S. The van der Waals surface area contributed by atoms with Crippen molar-refractivity contribution in [3.8, 4) is 0 Å². The highest BCUT2D eigenvalue weighted by molar-refractivity contribution is 7.89. The van der Waals surface area contributed by atoms with Gasteiger partial charge in [0.25, 0.3) is 0 Å².